The molecule has 0 unspecified atom stereocenters. The van der Waals surface area contributed by atoms with E-state index in [2.05, 4.69) is 62.4 Å². The average Bonchev–Trinajstić information content (AvgIpc) is 3.37. The summed E-state index contributed by atoms with van der Waals surface area (Å²) in [7, 11) is 3.28. The quantitative estimate of drug-likeness (QED) is 0.392. The molecule has 194 valence electrons. The zero-order chi connectivity index (χ0) is 25.9. The molecule has 0 aliphatic carbocycles. The van der Waals surface area contributed by atoms with Gasteiger partial charge in [-0.05, 0) is 65.7 Å². The van der Waals surface area contributed by atoms with Crippen LogP contribution in [0.25, 0.3) is 10.9 Å². The van der Waals surface area contributed by atoms with Crippen LogP contribution in [0.2, 0.25) is 0 Å². The van der Waals surface area contributed by atoms with Crippen molar-refractivity contribution in [3.05, 3.63) is 75.3 Å². The van der Waals surface area contributed by atoms with Gasteiger partial charge < -0.3 is 19.4 Å². The van der Waals surface area contributed by atoms with Gasteiger partial charge in [0.25, 0.3) is 5.56 Å². The molecule has 4 aromatic rings. The van der Waals surface area contributed by atoms with Crippen LogP contribution in [0.1, 0.15) is 28.6 Å². The van der Waals surface area contributed by atoms with Crippen molar-refractivity contribution < 1.29 is 9.47 Å². The molecule has 10 nitrogen and oxygen atoms in total. The molecular formula is C27H33N7O3. The maximum absolute atomic E-state index is 13.4. The van der Waals surface area contributed by atoms with E-state index in [9.17, 15) is 4.79 Å². The summed E-state index contributed by atoms with van der Waals surface area (Å²) in [5.41, 5.74) is 5.06. The molecule has 0 spiro atoms. The fourth-order valence-corrected chi connectivity index (χ4v) is 5.07. The summed E-state index contributed by atoms with van der Waals surface area (Å²) in [5, 5.41) is 13.4. The number of pyridine rings is 1. The Morgan fingerprint density at radius 2 is 1.86 bits per heavy atom. The van der Waals surface area contributed by atoms with Crippen LogP contribution in [0.4, 0.5) is 5.69 Å². The van der Waals surface area contributed by atoms with Gasteiger partial charge in [-0.2, -0.15) is 0 Å². The van der Waals surface area contributed by atoms with Crippen LogP contribution in [0.5, 0.6) is 5.75 Å². The first-order valence-corrected chi connectivity index (χ1v) is 12.5. The molecule has 10 heteroatoms. The van der Waals surface area contributed by atoms with Crippen LogP contribution < -0.4 is 15.2 Å². The molecule has 3 heterocycles. The van der Waals surface area contributed by atoms with Crippen molar-refractivity contribution >= 4 is 16.6 Å². The van der Waals surface area contributed by atoms with E-state index in [-0.39, 0.29) is 5.56 Å². The van der Waals surface area contributed by atoms with Crippen LogP contribution >= 0.6 is 0 Å². The SMILES string of the molecule is COCCn1nnnc1[C@H](c1cc2cc(OC)ccc2[nH]c1=O)N1CCN(c2cccc(C)c2C)CC1. The van der Waals surface area contributed by atoms with Crippen LogP contribution in [0.3, 0.4) is 0 Å². The van der Waals surface area contributed by atoms with Crippen molar-refractivity contribution in [3.63, 3.8) is 0 Å². The molecule has 2 aromatic carbocycles. The highest BCUT2D eigenvalue weighted by molar-refractivity contribution is 5.80. The third-order valence-corrected chi connectivity index (χ3v) is 7.28. The van der Waals surface area contributed by atoms with Crippen molar-refractivity contribution in [1.29, 1.82) is 0 Å². The molecule has 0 radical (unpaired) electrons. The predicted molar refractivity (Wildman–Crippen MR) is 142 cm³/mol. The minimum atomic E-state index is -0.410. The van der Waals surface area contributed by atoms with Gasteiger partial charge in [-0.25, -0.2) is 4.68 Å². The zero-order valence-electron chi connectivity index (χ0n) is 21.8. The Bertz CT molecular complexity index is 1440. The number of aromatic nitrogens is 5. The summed E-state index contributed by atoms with van der Waals surface area (Å²) in [6.07, 6.45) is 0. The molecule has 1 saturated heterocycles. The van der Waals surface area contributed by atoms with E-state index in [1.54, 1.807) is 18.9 Å². The summed E-state index contributed by atoms with van der Waals surface area (Å²) >= 11 is 0. The monoisotopic (exact) mass is 503 g/mol. The molecule has 1 atom stereocenters. The van der Waals surface area contributed by atoms with Crippen molar-refractivity contribution in [2.45, 2.75) is 26.4 Å². The number of aromatic amines is 1. The van der Waals surface area contributed by atoms with E-state index >= 15 is 0 Å². The molecule has 0 amide bonds. The highest BCUT2D eigenvalue weighted by Crippen LogP contribution is 2.31. The molecule has 0 bridgehead atoms. The Morgan fingerprint density at radius 1 is 1.05 bits per heavy atom. The molecule has 0 saturated carbocycles. The number of hydrogen-bond donors (Lipinski definition) is 1. The topological polar surface area (TPSA) is 101 Å². The van der Waals surface area contributed by atoms with Crippen LogP contribution in [-0.4, -0.2) is 77.1 Å². The lowest BCUT2D eigenvalue weighted by Gasteiger charge is -2.40. The maximum atomic E-state index is 13.4. The number of benzene rings is 2. The second-order valence-corrected chi connectivity index (χ2v) is 9.40. The second kappa shape index (κ2) is 10.7. The Hall–Kier alpha value is -3.76. The van der Waals surface area contributed by atoms with E-state index in [0.29, 0.717) is 24.5 Å². The normalized spacial score (nSPS) is 15.3. The number of hydrogen-bond acceptors (Lipinski definition) is 8. The molecule has 2 aromatic heterocycles. The van der Waals surface area contributed by atoms with Gasteiger partial charge >= 0.3 is 0 Å². The van der Waals surface area contributed by atoms with Gasteiger partial charge in [-0.1, -0.05) is 12.1 Å². The molecule has 1 aliphatic rings. The highest BCUT2D eigenvalue weighted by atomic mass is 16.5. The first kappa shape index (κ1) is 24.9. The zero-order valence-corrected chi connectivity index (χ0v) is 21.8. The lowest BCUT2D eigenvalue weighted by Crippen LogP contribution is -2.49. The van der Waals surface area contributed by atoms with Gasteiger partial charge in [-0.3, -0.25) is 9.69 Å². The van der Waals surface area contributed by atoms with Crippen molar-refractivity contribution in [3.8, 4) is 5.75 Å². The number of H-pyrrole nitrogens is 1. The fraction of sp³-hybridized carbons (Fsp3) is 0.407. The van der Waals surface area contributed by atoms with E-state index in [4.69, 9.17) is 9.47 Å². The molecule has 37 heavy (non-hydrogen) atoms. The smallest absolute Gasteiger partial charge is 0.253 e. The van der Waals surface area contributed by atoms with Gasteiger partial charge in [0.05, 0.1) is 20.3 Å². The van der Waals surface area contributed by atoms with E-state index in [1.165, 1.54) is 16.8 Å². The van der Waals surface area contributed by atoms with Crippen molar-refractivity contribution in [2.24, 2.45) is 0 Å². The summed E-state index contributed by atoms with van der Waals surface area (Å²) < 4.78 is 12.4. The van der Waals surface area contributed by atoms with Gasteiger partial charge in [0.1, 0.15) is 11.8 Å². The van der Waals surface area contributed by atoms with Gasteiger partial charge in [0.15, 0.2) is 5.82 Å². The number of nitrogens with zero attached hydrogens (tertiary/aromatic N) is 6. The Labute approximate surface area is 215 Å². The number of methoxy groups -OCH3 is 2. The lowest BCUT2D eigenvalue weighted by atomic mass is 10.0. The molecular weight excluding hydrogens is 470 g/mol. The Morgan fingerprint density at radius 3 is 2.62 bits per heavy atom. The minimum Gasteiger partial charge on any atom is -0.497 e. The minimum absolute atomic E-state index is 0.152. The van der Waals surface area contributed by atoms with Crippen molar-refractivity contribution in [1.82, 2.24) is 30.1 Å². The van der Waals surface area contributed by atoms with Gasteiger partial charge in [0, 0.05) is 55.4 Å². The predicted octanol–water partition coefficient (Wildman–Crippen LogP) is 2.70. The first-order chi connectivity index (χ1) is 18.0. The summed E-state index contributed by atoms with van der Waals surface area (Å²) in [5.74, 6) is 1.36. The number of nitrogens with one attached hydrogen (secondary N) is 1. The molecule has 1 N–H and O–H groups in total. The number of fused-ring (bicyclic) bond motifs is 1. The third kappa shape index (κ3) is 4.94. The van der Waals surface area contributed by atoms with Crippen molar-refractivity contribution in [2.75, 3.05) is 51.9 Å². The lowest BCUT2D eigenvalue weighted by molar-refractivity contribution is 0.171. The fourth-order valence-electron chi connectivity index (χ4n) is 5.07. The summed E-state index contributed by atoms with van der Waals surface area (Å²) in [4.78, 5) is 21.2. The number of aryl methyl sites for hydroxylation is 1. The average molecular weight is 504 g/mol. The molecule has 5 rings (SSSR count). The number of anilines is 1. The Balaban J connectivity index is 1.53. The van der Waals surface area contributed by atoms with Crippen LogP contribution in [0, 0.1) is 13.8 Å². The maximum Gasteiger partial charge on any atom is 0.253 e. The van der Waals surface area contributed by atoms with Crippen LogP contribution in [-0.2, 0) is 11.3 Å². The standard InChI is InChI=1S/C27H33N7O3/c1-18-6-5-7-24(19(18)2)32-10-12-33(13-11-32)25(26-29-30-31-34(26)14-15-36-3)22-17-20-16-21(37-4)8-9-23(20)28-27(22)35/h5-9,16-17,25H,10-15H2,1-4H3,(H,28,35)/t25-/m0/s1. The molecule has 1 aliphatic heterocycles. The number of tetrazole rings is 1. The number of rotatable bonds is 8. The van der Waals surface area contributed by atoms with Crippen LogP contribution in [0.15, 0.2) is 47.3 Å². The third-order valence-electron chi connectivity index (χ3n) is 7.28. The van der Waals surface area contributed by atoms with E-state index < -0.39 is 6.04 Å². The number of ether oxygens (including phenoxy) is 2. The molecule has 1 fully saturated rings. The van der Waals surface area contributed by atoms with Gasteiger partial charge in [-0.15, -0.1) is 5.10 Å². The summed E-state index contributed by atoms with van der Waals surface area (Å²) in [6.45, 7) is 8.46. The van der Waals surface area contributed by atoms with E-state index in [1.807, 2.05) is 24.3 Å². The van der Waals surface area contributed by atoms with E-state index in [0.717, 1.165) is 42.8 Å². The Kier molecular flexibility index (Phi) is 7.20. The van der Waals surface area contributed by atoms with Gasteiger partial charge in [0.2, 0.25) is 0 Å². The first-order valence-electron chi connectivity index (χ1n) is 12.5. The highest BCUT2D eigenvalue weighted by Gasteiger charge is 2.33. The number of piperazine rings is 1. The summed E-state index contributed by atoms with van der Waals surface area (Å²) in [6, 6.07) is 13.6. The largest absolute Gasteiger partial charge is 0.497 e. The second-order valence-electron chi connectivity index (χ2n) is 9.40.